The van der Waals surface area contributed by atoms with E-state index in [0.717, 1.165) is 36.9 Å². The molecule has 0 radical (unpaired) electrons. The van der Waals surface area contributed by atoms with Crippen molar-refractivity contribution >= 4 is 35.8 Å². The topological polar surface area (TPSA) is 92.5 Å². The fraction of sp³-hybridized carbons (Fsp3) is 0.571. The number of rotatable bonds is 4. The van der Waals surface area contributed by atoms with E-state index in [1.54, 1.807) is 0 Å². The molecule has 28 heavy (non-hydrogen) atoms. The minimum Gasteiger partial charge on any atom is -0.327 e. The van der Waals surface area contributed by atoms with Crippen LogP contribution in [0, 0.1) is 17.8 Å². The van der Waals surface area contributed by atoms with E-state index in [1.165, 1.54) is 11.3 Å². The van der Waals surface area contributed by atoms with E-state index >= 15 is 0 Å². The van der Waals surface area contributed by atoms with Crippen LogP contribution in [0.25, 0.3) is 0 Å². The summed E-state index contributed by atoms with van der Waals surface area (Å²) in [5.41, 5.74) is 7.96. The molecule has 2 atom stereocenters. The average molecular weight is 406 g/mol. The Bertz CT molecular complexity index is 722. The summed E-state index contributed by atoms with van der Waals surface area (Å²) in [6, 6.07) is 7.67. The summed E-state index contributed by atoms with van der Waals surface area (Å²) in [4.78, 5) is 37.5. The predicted octanol–water partition coefficient (Wildman–Crippen LogP) is 2.85. The summed E-state index contributed by atoms with van der Waals surface area (Å²) in [5.74, 6) is 0.852. The van der Waals surface area contributed by atoms with E-state index in [-0.39, 0.29) is 42.1 Å². The Hall–Kier alpha value is -1.92. The predicted molar refractivity (Wildman–Crippen MR) is 109 cm³/mol. The van der Waals surface area contributed by atoms with Crippen LogP contribution in [0.5, 0.6) is 0 Å². The van der Waals surface area contributed by atoms with Gasteiger partial charge in [-0.05, 0) is 55.2 Å². The third-order valence-corrected chi connectivity index (χ3v) is 6.50. The van der Waals surface area contributed by atoms with Gasteiger partial charge >= 0.3 is 0 Å². The molecule has 2 bridgehead atoms. The maximum Gasteiger partial charge on any atom is 0.229 e. The van der Waals surface area contributed by atoms with E-state index in [0.29, 0.717) is 31.2 Å². The molecule has 2 aliphatic carbocycles. The Morgan fingerprint density at radius 2 is 1.61 bits per heavy atom. The molecule has 0 spiro atoms. The largest absolute Gasteiger partial charge is 0.327 e. The Labute approximate surface area is 171 Å². The number of imide groups is 1. The van der Waals surface area contributed by atoms with Gasteiger partial charge in [0.2, 0.25) is 17.7 Å². The molecule has 1 saturated heterocycles. The number of nitrogens with zero attached hydrogens (tertiary/aromatic N) is 1. The Kier molecular flexibility index (Phi) is 6.40. The molecule has 0 aromatic heterocycles. The second kappa shape index (κ2) is 8.62. The lowest BCUT2D eigenvalue weighted by Crippen LogP contribution is -2.48. The maximum atomic E-state index is 12.7. The normalized spacial score (nSPS) is 29.4. The molecule has 1 aliphatic heterocycles. The standard InChI is InChI=1S/C21H27N3O3.ClH/c22-20-14-2-1-3-15(20)11-16(10-14)21(27)23-17-6-4-13(5-7-17)12-24-18(25)8-9-19(24)26;/h4-7,14-16,20H,1-3,8-12,22H2,(H,23,27);1H. The van der Waals surface area contributed by atoms with E-state index in [4.69, 9.17) is 5.73 Å². The van der Waals surface area contributed by atoms with Crippen molar-refractivity contribution in [3.63, 3.8) is 0 Å². The summed E-state index contributed by atoms with van der Waals surface area (Å²) >= 11 is 0. The van der Waals surface area contributed by atoms with Gasteiger partial charge in [-0.1, -0.05) is 18.6 Å². The van der Waals surface area contributed by atoms with E-state index < -0.39 is 0 Å². The number of amides is 3. The lowest BCUT2D eigenvalue weighted by atomic mass is 9.65. The highest BCUT2D eigenvalue weighted by molar-refractivity contribution is 6.01. The van der Waals surface area contributed by atoms with Crippen LogP contribution in [-0.4, -0.2) is 28.7 Å². The molecule has 2 saturated carbocycles. The first-order chi connectivity index (χ1) is 13.0. The third kappa shape index (κ3) is 4.23. The van der Waals surface area contributed by atoms with Crippen LogP contribution in [0.4, 0.5) is 5.69 Å². The van der Waals surface area contributed by atoms with Crippen LogP contribution in [0.3, 0.4) is 0 Å². The smallest absolute Gasteiger partial charge is 0.229 e. The SMILES string of the molecule is Cl.NC1C2CCCC1CC(C(=O)Nc1ccc(CN3C(=O)CCC3=O)cc1)C2. The molecule has 1 aromatic rings. The zero-order chi connectivity index (χ0) is 19.0. The van der Waals surface area contributed by atoms with Crippen LogP contribution >= 0.6 is 12.4 Å². The number of carbonyl (C=O) groups excluding carboxylic acids is 3. The fourth-order valence-corrected chi connectivity index (χ4v) is 4.92. The molecule has 1 aromatic carbocycles. The highest BCUT2D eigenvalue weighted by Crippen LogP contribution is 2.42. The van der Waals surface area contributed by atoms with Crippen LogP contribution in [-0.2, 0) is 20.9 Å². The van der Waals surface area contributed by atoms with Gasteiger partial charge in [-0.15, -0.1) is 12.4 Å². The summed E-state index contributed by atoms with van der Waals surface area (Å²) in [6.07, 6.45) is 5.91. The molecule has 3 fully saturated rings. The first kappa shape index (κ1) is 20.8. The minimum atomic E-state index is -0.113. The molecule has 3 amide bonds. The number of anilines is 1. The van der Waals surface area contributed by atoms with Gasteiger partial charge in [-0.25, -0.2) is 0 Å². The van der Waals surface area contributed by atoms with E-state index in [9.17, 15) is 14.4 Å². The summed E-state index contributed by atoms with van der Waals surface area (Å²) in [6.45, 7) is 0.301. The summed E-state index contributed by atoms with van der Waals surface area (Å²) < 4.78 is 0. The van der Waals surface area contributed by atoms with E-state index in [2.05, 4.69) is 5.32 Å². The molecule has 3 aliphatic rings. The number of fused-ring (bicyclic) bond motifs is 2. The fourth-order valence-electron chi connectivity index (χ4n) is 4.92. The van der Waals surface area contributed by atoms with Gasteiger partial charge in [0, 0.05) is 30.5 Å². The maximum absolute atomic E-state index is 12.7. The second-order valence-electron chi connectivity index (χ2n) is 8.26. The molecule has 1 heterocycles. The highest BCUT2D eigenvalue weighted by Gasteiger charge is 2.40. The van der Waals surface area contributed by atoms with Crippen LogP contribution < -0.4 is 11.1 Å². The van der Waals surface area contributed by atoms with Gasteiger partial charge in [0.25, 0.3) is 0 Å². The number of halogens is 1. The van der Waals surface area contributed by atoms with Crippen LogP contribution in [0.15, 0.2) is 24.3 Å². The number of nitrogens with one attached hydrogen (secondary N) is 1. The van der Waals surface area contributed by atoms with Crippen molar-refractivity contribution < 1.29 is 14.4 Å². The average Bonchev–Trinajstić information content (AvgIpc) is 2.95. The molecular formula is C21H28ClN3O3. The van der Waals surface area contributed by atoms with Crippen molar-refractivity contribution in [1.82, 2.24) is 4.90 Å². The van der Waals surface area contributed by atoms with Crippen LogP contribution in [0.1, 0.15) is 50.5 Å². The van der Waals surface area contributed by atoms with Gasteiger partial charge in [-0.3, -0.25) is 19.3 Å². The zero-order valence-corrected chi connectivity index (χ0v) is 16.7. The highest BCUT2D eigenvalue weighted by atomic mass is 35.5. The van der Waals surface area contributed by atoms with Gasteiger partial charge < -0.3 is 11.1 Å². The van der Waals surface area contributed by atoms with Gasteiger partial charge in [0.05, 0.1) is 6.54 Å². The number of likely N-dealkylation sites (tertiary alicyclic amines) is 1. The van der Waals surface area contributed by atoms with Crippen molar-refractivity contribution in [2.75, 3.05) is 5.32 Å². The molecule has 152 valence electrons. The monoisotopic (exact) mass is 405 g/mol. The first-order valence-corrected chi connectivity index (χ1v) is 10.00. The van der Waals surface area contributed by atoms with Gasteiger partial charge in [0.1, 0.15) is 0 Å². The summed E-state index contributed by atoms with van der Waals surface area (Å²) in [7, 11) is 0. The molecule has 3 N–H and O–H groups in total. The number of nitrogens with two attached hydrogens (primary N) is 1. The van der Waals surface area contributed by atoms with Crippen LogP contribution in [0.2, 0.25) is 0 Å². The van der Waals surface area contributed by atoms with E-state index in [1.807, 2.05) is 24.3 Å². The number of hydrogen-bond acceptors (Lipinski definition) is 4. The molecule has 2 unspecified atom stereocenters. The Morgan fingerprint density at radius 1 is 1.04 bits per heavy atom. The van der Waals surface area contributed by atoms with Crippen molar-refractivity contribution in [2.24, 2.45) is 23.5 Å². The Balaban J connectivity index is 0.00000225. The number of benzene rings is 1. The quantitative estimate of drug-likeness (QED) is 0.753. The summed E-state index contributed by atoms with van der Waals surface area (Å²) in [5, 5.41) is 3.03. The lowest BCUT2D eigenvalue weighted by molar-refractivity contribution is -0.139. The lowest BCUT2D eigenvalue weighted by Gasteiger charge is -2.43. The van der Waals surface area contributed by atoms with Crippen molar-refractivity contribution in [3.8, 4) is 0 Å². The first-order valence-electron chi connectivity index (χ1n) is 10.00. The second-order valence-corrected chi connectivity index (χ2v) is 8.26. The minimum absolute atomic E-state index is 0. The molecule has 7 heteroatoms. The van der Waals surface area contributed by atoms with Gasteiger partial charge in [0.15, 0.2) is 0 Å². The van der Waals surface area contributed by atoms with Gasteiger partial charge in [-0.2, -0.15) is 0 Å². The molecule has 6 nitrogen and oxygen atoms in total. The third-order valence-electron chi connectivity index (χ3n) is 6.50. The van der Waals surface area contributed by atoms with Crippen molar-refractivity contribution in [3.05, 3.63) is 29.8 Å². The number of carbonyl (C=O) groups is 3. The molecule has 4 rings (SSSR count). The Morgan fingerprint density at radius 3 is 2.18 bits per heavy atom. The zero-order valence-electron chi connectivity index (χ0n) is 15.9. The van der Waals surface area contributed by atoms with Crippen molar-refractivity contribution in [1.29, 1.82) is 0 Å². The molecular weight excluding hydrogens is 378 g/mol. The van der Waals surface area contributed by atoms with Crippen molar-refractivity contribution in [2.45, 2.75) is 57.5 Å². The number of hydrogen-bond donors (Lipinski definition) is 2.